The van der Waals surface area contributed by atoms with E-state index in [2.05, 4.69) is 10.1 Å². The number of esters is 1. The van der Waals surface area contributed by atoms with E-state index in [1.54, 1.807) is 37.4 Å². The zero-order valence-corrected chi connectivity index (χ0v) is 14.1. The van der Waals surface area contributed by atoms with Gasteiger partial charge >= 0.3 is 5.97 Å². The molecule has 0 fully saturated rings. The Kier molecular flexibility index (Phi) is 5.02. The van der Waals surface area contributed by atoms with Gasteiger partial charge in [0.15, 0.2) is 18.1 Å². The molecule has 0 saturated heterocycles. The second kappa shape index (κ2) is 7.56. The predicted octanol–water partition coefficient (Wildman–Crippen LogP) is 2.82. The van der Waals surface area contributed by atoms with E-state index in [0.29, 0.717) is 11.6 Å². The quantitative estimate of drug-likeness (QED) is 0.672. The molecule has 3 aromatic rings. The van der Waals surface area contributed by atoms with E-state index < -0.39 is 5.97 Å². The minimum absolute atomic E-state index is 0.0146. The Labute approximate surface area is 148 Å². The van der Waals surface area contributed by atoms with Gasteiger partial charge in [0.2, 0.25) is 5.82 Å². The third-order valence-corrected chi connectivity index (χ3v) is 3.58. The number of ether oxygens (including phenoxy) is 3. The molecule has 3 rings (SSSR count). The number of carbonyl (C=O) groups is 1. The molecule has 0 atom stereocenters. The molecule has 2 aromatic carbocycles. The zero-order valence-electron chi connectivity index (χ0n) is 14.1. The number of benzene rings is 2. The highest BCUT2D eigenvalue weighted by Crippen LogP contribution is 2.30. The second-order valence-electron chi connectivity index (χ2n) is 5.17. The van der Waals surface area contributed by atoms with E-state index in [0.717, 1.165) is 5.56 Å². The lowest BCUT2D eigenvalue weighted by Crippen LogP contribution is -2.06. The Bertz CT molecular complexity index is 904. The van der Waals surface area contributed by atoms with Gasteiger partial charge in [-0.05, 0) is 36.4 Å². The first-order valence-corrected chi connectivity index (χ1v) is 7.62. The van der Waals surface area contributed by atoms with Gasteiger partial charge in [0.1, 0.15) is 11.3 Å². The van der Waals surface area contributed by atoms with Crippen LogP contribution >= 0.6 is 0 Å². The molecule has 8 nitrogen and oxygen atoms in total. The standard InChI is InChI=1S/C18H16N2O6/c1-23-12-8-6-11(7-9-12)17-19-15(26-20-17)10-25-18(22)13-4-3-5-14(24-2)16(13)21/h3-9,21H,10H2,1-2H3. The van der Waals surface area contributed by atoms with E-state index in [1.807, 2.05) is 0 Å². The molecule has 0 saturated carbocycles. The van der Waals surface area contributed by atoms with Crippen LogP contribution < -0.4 is 9.47 Å². The zero-order chi connectivity index (χ0) is 18.5. The monoisotopic (exact) mass is 356 g/mol. The van der Waals surface area contributed by atoms with Gasteiger partial charge in [-0.3, -0.25) is 0 Å². The maximum Gasteiger partial charge on any atom is 0.342 e. The van der Waals surface area contributed by atoms with E-state index in [9.17, 15) is 9.90 Å². The van der Waals surface area contributed by atoms with E-state index >= 15 is 0 Å². The van der Waals surface area contributed by atoms with Crippen molar-refractivity contribution in [2.75, 3.05) is 14.2 Å². The Morgan fingerprint density at radius 2 is 1.88 bits per heavy atom. The molecule has 0 aliphatic heterocycles. The summed E-state index contributed by atoms with van der Waals surface area (Å²) >= 11 is 0. The van der Waals surface area contributed by atoms with Gasteiger partial charge in [0, 0.05) is 5.56 Å². The van der Waals surface area contributed by atoms with Crippen molar-refractivity contribution in [2.24, 2.45) is 0 Å². The molecule has 134 valence electrons. The Morgan fingerprint density at radius 1 is 1.12 bits per heavy atom. The van der Waals surface area contributed by atoms with Crippen LogP contribution in [0.4, 0.5) is 0 Å². The van der Waals surface area contributed by atoms with E-state index in [4.69, 9.17) is 18.7 Å². The second-order valence-corrected chi connectivity index (χ2v) is 5.17. The molecule has 1 N–H and O–H groups in total. The predicted molar refractivity (Wildman–Crippen MR) is 90.1 cm³/mol. The largest absolute Gasteiger partial charge is 0.504 e. The summed E-state index contributed by atoms with van der Waals surface area (Å²) in [5, 5.41) is 13.8. The highest BCUT2D eigenvalue weighted by atomic mass is 16.6. The molecule has 0 radical (unpaired) electrons. The molecule has 1 aromatic heterocycles. The van der Waals surface area contributed by atoms with Crippen molar-refractivity contribution < 1.29 is 28.6 Å². The van der Waals surface area contributed by atoms with Crippen molar-refractivity contribution in [3.63, 3.8) is 0 Å². The number of rotatable bonds is 6. The van der Waals surface area contributed by atoms with Gasteiger partial charge in [0.05, 0.1) is 14.2 Å². The fraction of sp³-hybridized carbons (Fsp3) is 0.167. The molecule has 0 aliphatic carbocycles. The first-order valence-electron chi connectivity index (χ1n) is 7.62. The lowest BCUT2D eigenvalue weighted by Gasteiger charge is -2.07. The first kappa shape index (κ1) is 17.3. The SMILES string of the molecule is COc1ccc(-c2noc(COC(=O)c3cccc(OC)c3O)n2)cc1. The number of phenolic OH excluding ortho intramolecular Hbond substituents is 1. The van der Waals surface area contributed by atoms with Crippen molar-refractivity contribution in [1.29, 1.82) is 0 Å². The van der Waals surface area contributed by atoms with Crippen LogP contribution in [0.15, 0.2) is 47.0 Å². The number of hydrogen-bond acceptors (Lipinski definition) is 8. The summed E-state index contributed by atoms with van der Waals surface area (Å²) in [5.41, 5.74) is 0.719. The summed E-state index contributed by atoms with van der Waals surface area (Å²) in [6.45, 7) is -0.224. The minimum Gasteiger partial charge on any atom is -0.504 e. The van der Waals surface area contributed by atoms with Crippen LogP contribution in [-0.4, -0.2) is 35.4 Å². The third-order valence-electron chi connectivity index (χ3n) is 3.58. The smallest absolute Gasteiger partial charge is 0.342 e. The van der Waals surface area contributed by atoms with Crippen molar-refractivity contribution in [3.8, 4) is 28.6 Å². The lowest BCUT2D eigenvalue weighted by atomic mass is 10.2. The highest BCUT2D eigenvalue weighted by Gasteiger charge is 2.18. The van der Waals surface area contributed by atoms with E-state index in [-0.39, 0.29) is 29.6 Å². The van der Waals surface area contributed by atoms with Gasteiger partial charge in [-0.1, -0.05) is 11.2 Å². The number of methoxy groups -OCH3 is 2. The topological polar surface area (TPSA) is 104 Å². The van der Waals surface area contributed by atoms with Crippen LogP contribution in [0.2, 0.25) is 0 Å². The van der Waals surface area contributed by atoms with Crippen LogP contribution in [0.25, 0.3) is 11.4 Å². The first-order chi connectivity index (χ1) is 12.6. The fourth-order valence-electron chi connectivity index (χ4n) is 2.23. The fourth-order valence-corrected chi connectivity index (χ4v) is 2.23. The molecule has 0 amide bonds. The van der Waals surface area contributed by atoms with Crippen LogP contribution in [-0.2, 0) is 11.3 Å². The molecule has 0 bridgehead atoms. The Morgan fingerprint density at radius 3 is 2.58 bits per heavy atom. The van der Waals surface area contributed by atoms with Crippen molar-refractivity contribution in [1.82, 2.24) is 10.1 Å². The summed E-state index contributed by atoms with van der Waals surface area (Å²) in [6, 6.07) is 11.7. The van der Waals surface area contributed by atoms with Crippen LogP contribution in [0.1, 0.15) is 16.2 Å². The van der Waals surface area contributed by atoms with Gasteiger partial charge in [-0.2, -0.15) is 4.98 Å². The van der Waals surface area contributed by atoms with E-state index in [1.165, 1.54) is 19.2 Å². The van der Waals surface area contributed by atoms with Gasteiger partial charge < -0.3 is 23.8 Å². The lowest BCUT2D eigenvalue weighted by molar-refractivity contribution is 0.0426. The van der Waals surface area contributed by atoms with Crippen molar-refractivity contribution in [3.05, 3.63) is 53.9 Å². The number of aromatic nitrogens is 2. The molecule has 8 heteroatoms. The normalized spacial score (nSPS) is 10.4. The minimum atomic E-state index is -0.731. The van der Waals surface area contributed by atoms with Crippen molar-refractivity contribution >= 4 is 5.97 Å². The van der Waals surface area contributed by atoms with Gasteiger partial charge in [0.25, 0.3) is 5.89 Å². The number of nitrogens with zero attached hydrogens (tertiary/aromatic N) is 2. The van der Waals surface area contributed by atoms with Crippen molar-refractivity contribution in [2.45, 2.75) is 6.61 Å². The van der Waals surface area contributed by atoms with Crippen LogP contribution in [0.3, 0.4) is 0 Å². The molecule has 0 unspecified atom stereocenters. The number of phenols is 1. The average Bonchev–Trinajstić information content (AvgIpc) is 3.15. The molecule has 1 heterocycles. The highest BCUT2D eigenvalue weighted by molar-refractivity contribution is 5.93. The average molecular weight is 356 g/mol. The molecular weight excluding hydrogens is 340 g/mol. The third kappa shape index (κ3) is 3.59. The molecule has 26 heavy (non-hydrogen) atoms. The van der Waals surface area contributed by atoms with Crippen LogP contribution in [0, 0.1) is 0 Å². The number of aromatic hydroxyl groups is 1. The molecule has 0 aliphatic rings. The Hall–Kier alpha value is -3.55. The number of para-hydroxylation sites is 1. The summed E-state index contributed by atoms with van der Waals surface area (Å²) in [5.74, 6) is 0.369. The molecular formula is C18H16N2O6. The summed E-state index contributed by atoms with van der Waals surface area (Å²) in [6.07, 6.45) is 0. The maximum absolute atomic E-state index is 12.1. The summed E-state index contributed by atoms with van der Waals surface area (Å²) in [4.78, 5) is 16.3. The number of hydrogen-bond donors (Lipinski definition) is 1. The number of carbonyl (C=O) groups excluding carboxylic acids is 1. The van der Waals surface area contributed by atoms with Gasteiger partial charge in [-0.15, -0.1) is 0 Å². The van der Waals surface area contributed by atoms with Gasteiger partial charge in [-0.25, -0.2) is 4.79 Å². The molecule has 0 spiro atoms. The Balaban J connectivity index is 1.67. The summed E-state index contributed by atoms with van der Waals surface area (Å²) < 4.78 is 20.2. The van der Waals surface area contributed by atoms with Crippen LogP contribution in [0.5, 0.6) is 17.2 Å². The summed E-state index contributed by atoms with van der Waals surface area (Å²) in [7, 11) is 2.97. The maximum atomic E-state index is 12.1.